The highest BCUT2D eigenvalue weighted by Gasteiger charge is 2.24. The van der Waals surface area contributed by atoms with Crippen LogP contribution < -0.4 is 14.5 Å². The number of hydrogen-bond acceptors (Lipinski definition) is 7. The predicted octanol–water partition coefficient (Wildman–Crippen LogP) is 3.71. The first-order valence-electron chi connectivity index (χ1n) is 11.8. The van der Waals surface area contributed by atoms with Gasteiger partial charge in [0, 0.05) is 25.9 Å². The zero-order valence-electron chi connectivity index (χ0n) is 19.3. The number of aromatic nitrogens is 2. The molecule has 0 amide bonds. The molecule has 0 aliphatic carbocycles. The summed E-state index contributed by atoms with van der Waals surface area (Å²) in [6.45, 7) is 3.24. The number of rotatable bonds is 5. The summed E-state index contributed by atoms with van der Waals surface area (Å²) in [5.41, 5.74) is 0.594. The Kier molecular flexibility index (Phi) is 7.37. The summed E-state index contributed by atoms with van der Waals surface area (Å²) in [6.07, 6.45) is 1.56. The number of nitrogens with zero attached hydrogens (tertiary/aromatic N) is 4. The SMILES string of the molecule is Fc1ccccc1OC1CCN(c2ccc(C#CC3COCCN3Oc3ccccc3)nn2)CC1. The van der Waals surface area contributed by atoms with Gasteiger partial charge in [-0.05, 0) is 42.3 Å². The molecule has 8 heteroatoms. The Morgan fingerprint density at radius 2 is 1.71 bits per heavy atom. The van der Waals surface area contributed by atoms with Gasteiger partial charge in [-0.15, -0.1) is 15.3 Å². The lowest BCUT2D eigenvalue weighted by molar-refractivity contribution is -0.140. The van der Waals surface area contributed by atoms with E-state index in [2.05, 4.69) is 26.9 Å². The van der Waals surface area contributed by atoms with Gasteiger partial charge in [0.05, 0.1) is 19.8 Å². The normalized spacial score (nSPS) is 19.0. The number of para-hydroxylation sites is 2. The van der Waals surface area contributed by atoms with Crippen LogP contribution in [0.3, 0.4) is 0 Å². The maximum Gasteiger partial charge on any atom is 0.165 e. The molecule has 7 nitrogen and oxygen atoms in total. The van der Waals surface area contributed by atoms with Crippen molar-refractivity contribution >= 4 is 5.82 Å². The van der Waals surface area contributed by atoms with E-state index in [1.54, 1.807) is 18.2 Å². The van der Waals surface area contributed by atoms with Gasteiger partial charge in [-0.25, -0.2) is 4.39 Å². The van der Waals surface area contributed by atoms with Crippen LogP contribution in [0.2, 0.25) is 0 Å². The lowest BCUT2D eigenvalue weighted by Gasteiger charge is -2.32. The minimum absolute atomic E-state index is 0.0139. The van der Waals surface area contributed by atoms with Crippen LogP contribution in [-0.4, -0.2) is 60.3 Å². The van der Waals surface area contributed by atoms with Crippen molar-refractivity contribution in [2.75, 3.05) is 37.7 Å². The number of benzene rings is 2. The molecule has 2 saturated heterocycles. The average molecular weight is 475 g/mol. The Hall–Kier alpha value is -3.67. The molecule has 35 heavy (non-hydrogen) atoms. The third-order valence-electron chi connectivity index (χ3n) is 5.96. The summed E-state index contributed by atoms with van der Waals surface area (Å²) < 4.78 is 25.3. The second-order valence-corrected chi connectivity index (χ2v) is 8.42. The molecule has 0 saturated carbocycles. The number of anilines is 1. The van der Waals surface area contributed by atoms with Crippen LogP contribution in [-0.2, 0) is 4.74 Å². The van der Waals surface area contributed by atoms with Crippen LogP contribution in [0.4, 0.5) is 10.2 Å². The van der Waals surface area contributed by atoms with E-state index in [1.807, 2.05) is 47.5 Å². The summed E-state index contributed by atoms with van der Waals surface area (Å²) >= 11 is 0. The van der Waals surface area contributed by atoms with Gasteiger partial charge in [0.25, 0.3) is 0 Å². The quantitative estimate of drug-likeness (QED) is 0.523. The van der Waals surface area contributed by atoms with Crippen LogP contribution in [0.25, 0.3) is 0 Å². The molecule has 2 aliphatic heterocycles. The molecular formula is C27H27FN4O3. The fraction of sp³-hybridized carbons (Fsp3) is 0.333. The standard InChI is InChI=1S/C27H27FN4O3/c28-25-8-4-5-9-26(25)34-23-14-16-31(17-15-23)27-13-11-21(29-30-27)10-12-22-20-33-19-18-32(22)35-24-6-2-1-3-7-24/h1-9,11,13,22-23H,14-20H2. The van der Waals surface area contributed by atoms with Crippen molar-refractivity contribution in [1.29, 1.82) is 0 Å². The van der Waals surface area contributed by atoms with Crippen molar-refractivity contribution in [1.82, 2.24) is 15.3 Å². The van der Waals surface area contributed by atoms with Crippen molar-refractivity contribution in [3.05, 3.63) is 78.2 Å². The van der Waals surface area contributed by atoms with Crippen molar-refractivity contribution in [3.8, 4) is 23.3 Å². The highest BCUT2D eigenvalue weighted by atomic mass is 19.1. The molecule has 0 spiro atoms. The van der Waals surface area contributed by atoms with Gasteiger partial charge in [0.1, 0.15) is 23.6 Å². The molecule has 1 atom stereocenters. The van der Waals surface area contributed by atoms with E-state index >= 15 is 0 Å². The fourth-order valence-electron chi connectivity index (χ4n) is 4.07. The Bertz CT molecular complexity index is 1160. The molecule has 1 aromatic heterocycles. The zero-order chi connectivity index (χ0) is 23.9. The largest absolute Gasteiger partial charge is 0.487 e. The molecule has 0 bridgehead atoms. The third-order valence-corrected chi connectivity index (χ3v) is 5.96. The number of halogens is 1. The first kappa shape index (κ1) is 23.1. The monoisotopic (exact) mass is 474 g/mol. The van der Waals surface area contributed by atoms with Crippen LogP contribution in [0.5, 0.6) is 11.5 Å². The average Bonchev–Trinajstić information content (AvgIpc) is 2.91. The Morgan fingerprint density at radius 1 is 0.914 bits per heavy atom. The van der Waals surface area contributed by atoms with E-state index < -0.39 is 0 Å². The van der Waals surface area contributed by atoms with E-state index in [9.17, 15) is 4.39 Å². The zero-order valence-corrected chi connectivity index (χ0v) is 19.3. The van der Waals surface area contributed by atoms with Gasteiger partial charge < -0.3 is 19.2 Å². The number of morpholine rings is 1. The lowest BCUT2D eigenvalue weighted by atomic mass is 10.1. The molecule has 180 valence electrons. The van der Waals surface area contributed by atoms with Gasteiger partial charge >= 0.3 is 0 Å². The van der Waals surface area contributed by atoms with Gasteiger partial charge in [-0.2, -0.15) is 0 Å². The van der Waals surface area contributed by atoms with Crippen LogP contribution in [0.15, 0.2) is 66.7 Å². The number of piperidine rings is 1. The summed E-state index contributed by atoms with van der Waals surface area (Å²) in [7, 11) is 0. The molecule has 2 aromatic carbocycles. The van der Waals surface area contributed by atoms with Crippen molar-refractivity contribution in [2.45, 2.75) is 25.0 Å². The molecule has 2 aliphatic rings. The molecule has 0 radical (unpaired) electrons. The predicted molar refractivity (Wildman–Crippen MR) is 130 cm³/mol. The summed E-state index contributed by atoms with van der Waals surface area (Å²) in [5.74, 6) is 7.86. The van der Waals surface area contributed by atoms with Crippen LogP contribution in [0.1, 0.15) is 18.5 Å². The van der Waals surface area contributed by atoms with E-state index in [1.165, 1.54) is 6.07 Å². The number of ether oxygens (including phenoxy) is 2. The molecule has 0 N–H and O–H groups in total. The maximum absolute atomic E-state index is 13.8. The first-order chi connectivity index (χ1) is 17.2. The molecule has 2 fully saturated rings. The summed E-state index contributed by atoms with van der Waals surface area (Å²) in [6, 6.07) is 19.8. The highest BCUT2D eigenvalue weighted by Crippen LogP contribution is 2.23. The second kappa shape index (κ2) is 11.2. The van der Waals surface area contributed by atoms with E-state index in [-0.39, 0.29) is 18.0 Å². The fourth-order valence-corrected chi connectivity index (χ4v) is 4.07. The molecule has 5 rings (SSSR count). The number of hydrogen-bond donors (Lipinski definition) is 0. The van der Waals surface area contributed by atoms with Crippen LogP contribution in [0, 0.1) is 17.7 Å². The minimum Gasteiger partial charge on any atom is -0.487 e. The molecular weight excluding hydrogens is 447 g/mol. The Balaban J connectivity index is 1.16. The molecule has 3 aromatic rings. The second-order valence-electron chi connectivity index (χ2n) is 8.42. The maximum atomic E-state index is 13.8. The third kappa shape index (κ3) is 6.07. The number of hydroxylamine groups is 2. The molecule has 1 unspecified atom stereocenters. The smallest absolute Gasteiger partial charge is 0.165 e. The van der Waals surface area contributed by atoms with Gasteiger partial charge in [0.2, 0.25) is 0 Å². The Morgan fingerprint density at radius 3 is 2.49 bits per heavy atom. The summed E-state index contributed by atoms with van der Waals surface area (Å²) in [5, 5.41) is 10.5. The van der Waals surface area contributed by atoms with Gasteiger partial charge in [0.15, 0.2) is 17.4 Å². The molecule has 3 heterocycles. The van der Waals surface area contributed by atoms with E-state index in [4.69, 9.17) is 14.3 Å². The van der Waals surface area contributed by atoms with Gasteiger partial charge in [-0.3, -0.25) is 0 Å². The van der Waals surface area contributed by atoms with Crippen molar-refractivity contribution in [2.24, 2.45) is 0 Å². The first-order valence-corrected chi connectivity index (χ1v) is 11.8. The Labute approximate surface area is 204 Å². The minimum atomic E-state index is -0.327. The lowest BCUT2D eigenvalue weighted by Crippen LogP contribution is -2.46. The topological polar surface area (TPSA) is 60.0 Å². The van der Waals surface area contributed by atoms with Crippen molar-refractivity contribution < 1.29 is 18.7 Å². The van der Waals surface area contributed by atoms with Crippen molar-refractivity contribution in [3.63, 3.8) is 0 Å². The van der Waals surface area contributed by atoms with E-state index in [0.29, 0.717) is 31.2 Å². The van der Waals surface area contributed by atoms with E-state index in [0.717, 1.165) is 37.5 Å². The summed E-state index contributed by atoms with van der Waals surface area (Å²) in [4.78, 5) is 8.15. The van der Waals surface area contributed by atoms with Gasteiger partial charge in [-0.1, -0.05) is 36.3 Å². The van der Waals surface area contributed by atoms with Crippen LogP contribution >= 0.6 is 0 Å². The highest BCUT2D eigenvalue weighted by molar-refractivity contribution is 5.41.